The number of nitrogens with zero attached hydrogens (tertiary/aromatic N) is 2. The number of carbonyl (C=O) groups excluding carboxylic acids is 2. The second kappa shape index (κ2) is 7.11. The fraction of sp³-hybridized carbons (Fsp3) is 0.176. The van der Waals surface area contributed by atoms with Gasteiger partial charge in [-0.25, -0.2) is 9.97 Å². The second-order valence-electron chi connectivity index (χ2n) is 5.17. The maximum atomic E-state index is 12.1. The molecule has 7 heteroatoms. The lowest BCUT2D eigenvalue weighted by molar-refractivity contribution is -0.113. The lowest BCUT2D eigenvalue weighted by Gasteiger charge is -2.03. The number of rotatable bonds is 5. The van der Waals surface area contributed by atoms with Crippen molar-refractivity contribution in [3.63, 3.8) is 0 Å². The Morgan fingerprint density at radius 3 is 2.71 bits per heavy atom. The van der Waals surface area contributed by atoms with Gasteiger partial charge in [-0.15, -0.1) is 0 Å². The molecule has 0 bridgehead atoms. The number of nitrogens with one attached hydrogen (secondary N) is 1. The smallest absolute Gasteiger partial charge is 0.236 e. The number of ketones is 1. The molecule has 1 amide bonds. The largest absolute Gasteiger partial charge is 0.301 e. The van der Waals surface area contributed by atoms with Crippen molar-refractivity contribution in [2.75, 3.05) is 11.1 Å². The molecule has 2 aromatic heterocycles. The molecule has 0 aliphatic heterocycles. The average molecular weight is 357 g/mol. The lowest BCUT2D eigenvalue weighted by Crippen LogP contribution is -2.13. The Labute approximate surface area is 147 Å². The summed E-state index contributed by atoms with van der Waals surface area (Å²) in [5, 5.41) is 5.05. The highest BCUT2D eigenvalue weighted by atomic mass is 32.2. The summed E-state index contributed by atoms with van der Waals surface area (Å²) < 4.78 is 0. The van der Waals surface area contributed by atoms with Crippen LogP contribution in [0.2, 0.25) is 0 Å². The third kappa shape index (κ3) is 3.80. The topological polar surface area (TPSA) is 72.0 Å². The molecule has 5 nitrogen and oxygen atoms in total. The molecule has 0 saturated carbocycles. The molecule has 24 heavy (non-hydrogen) atoms. The first-order chi connectivity index (χ1) is 11.5. The van der Waals surface area contributed by atoms with Gasteiger partial charge in [0.15, 0.2) is 10.9 Å². The first-order valence-corrected chi connectivity index (χ1v) is 9.10. The summed E-state index contributed by atoms with van der Waals surface area (Å²) in [6.07, 6.45) is 0. The molecule has 0 atom stereocenters. The number of Topliss-reactive ketones (excluding diaryl/α,β-unsaturated/α-hetero) is 1. The Balaban J connectivity index is 1.62. The van der Waals surface area contributed by atoms with Crippen molar-refractivity contribution >= 4 is 50.8 Å². The molecular weight excluding hydrogens is 342 g/mol. The molecule has 0 aliphatic rings. The predicted octanol–water partition coefficient (Wildman–Crippen LogP) is 3.93. The fourth-order valence-electron chi connectivity index (χ4n) is 2.20. The summed E-state index contributed by atoms with van der Waals surface area (Å²) in [5.74, 6) is 0.0263. The van der Waals surface area contributed by atoms with Crippen molar-refractivity contribution in [3.05, 3.63) is 47.0 Å². The summed E-state index contributed by atoms with van der Waals surface area (Å²) in [7, 11) is 0. The number of carbonyl (C=O) groups is 2. The van der Waals surface area contributed by atoms with Gasteiger partial charge in [0.05, 0.1) is 26.9 Å². The van der Waals surface area contributed by atoms with E-state index >= 15 is 0 Å². The molecule has 3 aromatic rings. The van der Waals surface area contributed by atoms with Crippen LogP contribution in [-0.4, -0.2) is 27.4 Å². The highest BCUT2D eigenvalue weighted by Gasteiger charge is 2.13. The van der Waals surface area contributed by atoms with E-state index in [0.29, 0.717) is 15.7 Å². The zero-order valence-electron chi connectivity index (χ0n) is 13.2. The van der Waals surface area contributed by atoms with Crippen molar-refractivity contribution in [1.82, 2.24) is 9.97 Å². The van der Waals surface area contributed by atoms with Crippen molar-refractivity contribution in [3.8, 4) is 0 Å². The van der Waals surface area contributed by atoms with E-state index in [1.54, 1.807) is 6.92 Å². The van der Waals surface area contributed by atoms with Crippen molar-refractivity contribution in [2.24, 2.45) is 0 Å². The summed E-state index contributed by atoms with van der Waals surface area (Å²) in [6, 6.07) is 11.7. The number of aryl methyl sites for hydroxylation is 1. The van der Waals surface area contributed by atoms with Crippen LogP contribution in [0.15, 0.2) is 41.4 Å². The molecule has 0 radical (unpaired) electrons. The summed E-state index contributed by atoms with van der Waals surface area (Å²) in [5.41, 5.74) is 1.55. The predicted molar refractivity (Wildman–Crippen MR) is 98.0 cm³/mol. The standard InChI is InChI=1S/C17H15N3O2S2/c1-10-16(11(2)21)24-17(18-10)20-14(22)9-23-15-8-7-12-5-3-4-6-13(12)19-15/h3-8H,9H2,1-2H3,(H,18,20,22). The van der Waals surface area contributed by atoms with E-state index in [2.05, 4.69) is 15.3 Å². The number of para-hydroxylation sites is 1. The molecule has 0 aliphatic carbocycles. The van der Waals surface area contributed by atoms with Gasteiger partial charge in [-0.05, 0) is 19.1 Å². The number of thiazole rings is 1. The summed E-state index contributed by atoms with van der Waals surface area (Å²) in [4.78, 5) is 32.8. The highest BCUT2D eigenvalue weighted by Crippen LogP contribution is 2.24. The van der Waals surface area contributed by atoms with Crippen LogP contribution in [-0.2, 0) is 4.79 Å². The number of hydrogen-bond acceptors (Lipinski definition) is 6. The Hall–Kier alpha value is -2.25. The first kappa shape index (κ1) is 16.6. The van der Waals surface area contributed by atoms with E-state index in [9.17, 15) is 9.59 Å². The van der Waals surface area contributed by atoms with Crippen molar-refractivity contribution < 1.29 is 9.59 Å². The van der Waals surface area contributed by atoms with Crippen LogP contribution in [0.25, 0.3) is 10.9 Å². The van der Waals surface area contributed by atoms with Crippen LogP contribution in [0, 0.1) is 6.92 Å². The molecule has 122 valence electrons. The minimum atomic E-state index is -0.168. The van der Waals surface area contributed by atoms with E-state index in [4.69, 9.17) is 0 Å². The van der Waals surface area contributed by atoms with Crippen LogP contribution in [0.5, 0.6) is 0 Å². The maximum absolute atomic E-state index is 12.1. The van der Waals surface area contributed by atoms with Gasteiger partial charge in [-0.2, -0.15) is 0 Å². The number of thioether (sulfide) groups is 1. The third-order valence-corrected chi connectivity index (χ3v) is 5.39. The van der Waals surface area contributed by atoms with Crippen molar-refractivity contribution in [1.29, 1.82) is 0 Å². The lowest BCUT2D eigenvalue weighted by atomic mass is 10.2. The van der Waals surface area contributed by atoms with Gasteiger partial charge in [0, 0.05) is 12.3 Å². The molecule has 0 fully saturated rings. The van der Waals surface area contributed by atoms with E-state index in [0.717, 1.165) is 15.9 Å². The van der Waals surface area contributed by atoms with Gasteiger partial charge in [-0.3, -0.25) is 9.59 Å². The number of fused-ring (bicyclic) bond motifs is 1. The molecular formula is C17H15N3O2S2. The van der Waals surface area contributed by atoms with Crippen molar-refractivity contribution in [2.45, 2.75) is 18.9 Å². The van der Waals surface area contributed by atoms with Gasteiger partial charge in [0.2, 0.25) is 5.91 Å². The molecule has 2 heterocycles. The SMILES string of the molecule is CC(=O)c1sc(NC(=O)CSc2ccc3ccccc3n2)nc1C. The molecule has 3 rings (SSSR count). The van der Waals surface area contributed by atoms with E-state index in [1.165, 1.54) is 30.0 Å². The Morgan fingerprint density at radius 1 is 1.17 bits per heavy atom. The number of aromatic nitrogens is 2. The van der Waals surface area contributed by atoms with Crippen LogP contribution < -0.4 is 5.32 Å². The Morgan fingerprint density at radius 2 is 1.96 bits per heavy atom. The molecule has 0 saturated heterocycles. The van der Waals surface area contributed by atoms with Gasteiger partial charge in [0.25, 0.3) is 0 Å². The third-order valence-electron chi connectivity index (χ3n) is 3.29. The van der Waals surface area contributed by atoms with E-state index < -0.39 is 0 Å². The zero-order chi connectivity index (χ0) is 17.1. The van der Waals surface area contributed by atoms with Gasteiger partial charge < -0.3 is 5.32 Å². The molecule has 1 N–H and O–H groups in total. The van der Waals surface area contributed by atoms with Gasteiger partial charge in [0.1, 0.15) is 0 Å². The average Bonchev–Trinajstić information content (AvgIpc) is 2.93. The van der Waals surface area contributed by atoms with Crippen LogP contribution in [0.3, 0.4) is 0 Å². The zero-order valence-corrected chi connectivity index (χ0v) is 14.8. The van der Waals surface area contributed by atoms with Crippen LogP contribution in [0.4, 0.5) is 5.13 Å². The Kier molecular flexibility index (Phi) is 4.92. The van der Waals surface area contributed by atoms with E-state index in [1.807, 2.05) is 36.4 Å². The number of pyridine rings is 1. The number of amides is 1. The summed E-state index contributed by atoms with van der Waals surface area (Å²) in [6.45, 7) is 3.25. The molecule has 0 unspecified atom stereocenters. The fourth-order valence-corrected chi connectivity index (χ4v) is 3.76. The van der Waals surface area contributed by atoms with Gasteiger partial charge >= 0.3 is 0 Å². The van der Waals surface area contributed by atoms with Crippen LogP contribution in [0.1, 0.15) is 22.3 Å². The number of anilines is 1. The minimum absolute atomic E-state index is 0.0414. The first-order valence-electron chi connectivity index (χ1n) is 7.30. The number of hydrogen-bond donors (Lipinski definition) is 1. The summed E-state index contributed by atoms with van der Waals surface area (Å²) >= 11 is 2.57. The quantitative estimate of drug-likeness (QED) is 0.553. The Bertz CT molecular complexity index is 921. The highest BCUT2D eigenvalue weighted by molar-refractivity contribution is 7.99. The molecule has 1 aromatic carbocycles. The normalized spacial score (nSPS) is 10.8. The molecule has 0 spiro atoms. The second-order valence-corrected chi connectivity index (χ2v) is 7.16. The number of benzene rings is 1. The van der Waals surface area contributed by atoms with E-state index in [-0.39, 0.29) is 17.4 Å². The maximum Gasteiger partial charge on any atom is 0.236 e. The minimum Gasteiger partial charge on any atom is -0.301 e. The van der Waals surface area contributed by atoms with Crippen LogP contribution >= 0.6 is 23.1 Å². The van der Waals surface area contributed by atoms with Gasteiger partial charge in [-0.1, -0.05) is 47.4 Å². The monoisotopic (exact) mass is 357 g/mol.